The van der Waals surface area contributed by atoms with Crippen molar-refractivity contribution in [1.82, 2.24) is 19.9 Å². The third kappa shape index (κ3) is 2.04. The predicted molar refractivity (Wildman–Crippen MR) is 98.8 cm³/mol. The summed E-state index contributed by atoms with van der Waals surface area (Å²) in [7, 11) is 0. The minimum atomic E-state index is -0.416. The molecule has 0 aliphatic heterocycles. The standard InChI is InChI=1S/C19H11N5O2/c25-24(26)12-7-5-11(6-8-12)19-22-17-13-3-1-9-20-15(13)16-14(18(17)23-19)4-2-10-21-16/h1-10H,(H,22,23). The number of rotatable bonds is 2. The summed E-state index contributed by atoms with van der Waals surface area (Å²) in [6.07, 6.45) is 3.49. The molecule has 0 atom stereocenters. The average Bonchev–Trinajstić information content (AvgIpc) is 3.14. The van der Waals surface area contributed by atoms with E-state index in [0.717, 1.165) is 38.4 Å². The zero-order valence-electron chi connectivity index (χ0n) is 13.4. The molecular weight excluding hydrogens is 330 g/mol. The second kappa shape index (κ2) is 5.32. The van der Waals surface area contributed by atoms with Crippen LogP contribution in [0.3, 0.4) is 0 Å². The maximum Gasteiger partial charge on any atom is 0.269 e. The average molecular weight is 341 g/mol. The molecule has 0 saturated carbocycles. The quantitative estimate of drug-likeness (QED) is 0.294. The van der Waals surface area contributed by atoms with Gasteiger partial charge in [-0.1, -0.05) is 0 Å². The van der Waals surface area contributed by atoms with Gasteiger partial charge in [-0.3, -0.25) is 20.1 Å². The van der Waals surface area contributed by atoms with Crippen molar-refractivity contribution in [3.05, 3.63) is 71.0 Å². The van der Waals surface area contributed by atoms with E-state index < -0.39 is 4.92 Å². The monoisotopic (exact) mass is 341 g/mol. The molecular formula is C19H11N5O2. The van der Waals surface area contributed by atoms with Crippen LogP contribution in [0.1, 0.15) is 0 Å². The van der Waals surface area contributed by atoms with Crippen molar-refractivity contribution >= 4 is 38.5 Å². The first-order valence-corrected chi connectivity index (χ1v) is 7.98. The van der Waals surface area contributed by atoms with Gasteiger partial charge in [-0.05, 0) is 36.4 Å². The third-order valence-electron chi connectivity index (χ3n) is 4.42. The molecule has 5 rings (SSSR count). The fourth-order valence-corrected chi connectivity index (χ4v) is 3.22. The Labute approximate surface area is 146 Å². The van der Waals surface area contributed by atoms with Crippen LogP contribution in [-0.4, -0.2) is 24.9 Å². The molecule has 0 bridgehead atoms. The summed E-state index contributed by atoms with van der Waals surface area (Å²) in [5.41, 5.74) is 4.13. The van der Waals surface area contributed by atoms with Crippen molar-refractivity contribution in [2.45, 2.75) is 0 Å². The van der Waals surface area contributed by atoms with Crippen LogP contribution in [0.2, 0.25) is 0 Å². The molecule has 0 fully saturated rings. The predicted octanol–water partition coefficient (Wildman–Crippen LogP) is 4.23. The number of aromatic amines is 1. The van der Waals surface area contributed by atoms with Crippen molar-refractivity contribution in [2.24, 2.45) is 0 Å². The fourth-order valence-electron chi connectivity index (χ4n) is 3.22. The Bertz CT molecular complexity index is 1240. The lowest BCUT2D eigenvalue weighted by Gasteiger charge is -2.03. The van der Waals surface area contributed by atoms with Gasteiger partial charge in [-0.25, -0.2) is 4.98 Å². The zero-order chi connectivity index (χ0) is 17.7. The highest BCUT2D eigenvalue weighted by atomic mass is 16.6. The molecule has 0 amide bonds. The molecule has 7 nitrogen and oxygen atoms in total. The summed E-state index contributed by atoms with van der Waals surface area (Å²) < 4.78 is 0. The van der Waals surface area contributed by atoms with Gasteiger partial charge in [0, 0.05) is 40.9 Å². The Kier molecular flexibility index (Phi) is 2.96. The lowest BCUT2D eigenvalue weighted by molar-refractivity contribution is -0.384. The van der Waals surface area contributed by atoms with Gasteiger partial charge in [-0.15, -0.1) is 0 Å². The van der Waals surface area contributed by atoms with E-state index in [4.69, 9.17) is 4.98 Å². The van der Waals surface area contributed by atoms with Crippen molar-refractivity contribution in [3.63, 3.8) is 0 Å². The Morgan fingerprint density at radius 2 is 1.50 bits per heavy atom. The first-order valence-electron chi connectivity index (χ1n) is 7.98. The van der Waals surface area contributed by atoms with Crippen LogP contribution in [-0.2, 0) is 0 Å². The number of fused-ring (bicyclic) bond motifs is 6. The summed E-state index contributed by atoms with van der Waals surface area (Å²) in [5, 5.41) is 12.7. The molecule has 0 spiro atoms. The maximum atomic E-state index is 10.9. The largest absolute Gasteiger partial charge is 0.337 e. The number of H-pyrrole nitrogens is 1. The highest BCUT2D eigenvalue weighted by Gasteiger charge is 2.15. The molecule has 26 heavy (non-hydrogen) atoms. The lowest BCUT2D eigenvalue weighted by Crippen LogP contribution is -1.87. The number of imidazole rings is 1. The first-order chi connectivity index (χ1) is 12.7. The Morgan fingerprint density at radius 1 is 0.846 bits per heavy atom. The van der Waals surface area contributed by atoms with Crippen LogP contribution in [0.4, 0.5) is 5.69 Å². The normalized spacial score (nSPS) is 11.4. The van der Waals surface area contributed by atoms with E-state index in [9.17, 15) is 10.1 Å². The van der Waals surface area contributed by atoms with Gasteiger partial charge in [0.05, 0.1) is 27.0 Å². The highest BCUT2D eigenvalue weighted by molar-refractivity contribution is 6.20. The second-order valence-electron chi connectivity index (χ2n) is 5.91. The minimum absolute atomic E-state index is 0.0501. The maximum absolute atomic E-state index is 10.9. The van der Waals surface area contributed by atoms with Gasteiger partial charge in [0.2, 0.25) is 0 Å². The molecule has 3 aromatic heterocycles. The van der Waals surface area contributed by atoms with E-state index in [1.54, 1.807) is 24.5 Å². The summed E-state index contributed by atoms with van der Waals surface area (Å²) >= 11 is 0. The van der Waals surface area contributed by atoms with E-state index in [2.05, 4.69) is 15.0 Å². The SMILES string of the molecule is O=[N+]([O-])c1ccc(-c2nc3c4cccnc4c4ncccc4c3[nH]2)cc1. The molecule has 0 aliphatic rings. The number of hydrogen-bond acceptors (Lipinski definition) is 5. The lowest BCUT2D eigenvalue weighted by atomic mass is 10.1. The first kappa shape index (κ1) is 14.5. The number of nitro benzene ring substituents is 1. The van der Waals surface area contributed by atoms with Crippen LogP contribution in [0.15, 0.2) is 60.9 Å². The van der Waals surface area contributed by atoms with Gasteiger partial charge in [-0.2, -0.15) is 0 Å². The summed E-state index contributed by atoms with van der Waals surface area (Å²) in [4.78, 5) is 27.5. The van der Waals surface area contributed by atoms with Crippen LogP contribution in [0.5, 0.6) is 0 Å². The third-order valence-corrected chi connectivity index (χ3v) is 4.42. The molecule has 0 saturated heterocycles. The van der Waals surface area contributed by atoms with E-state index in [1.165, 1.54) is 12.1 Å². The van der Waals surface area contributed by atoms with E-state index in [0.29, 0.717) is 5.82 Å². The fraction of sp³-hybridized carbons (Fsp3) is 0. The smallest absolute Gasteiger partial charge is 0.269 e. The van der Waals surface area contributed by atoms with Crippen LogP contribution in [0, 0.1) is 10.1 Å². The number of nitro groups is 1. The van der Waals surface area contributed by atoms with Gasteiger partial charge < -0.3 is 4.98 Å². The minimum Gasteiger partial charge on any atom is -0.337 e. The van der Waals surface area contributed by atoms with Crippen molar-refractivity contribution in [3.8, 4) is 11.4 Å². The van der Waals surface area contributed by atoms with Crippen LogP contribution in [0.25, 0.3) is 44.2 Å². The van der Waals surface area contributed by atoms with Crippen LogP contribution >= 0.6 is 0 Å². The highest BCUT2D eigenvalue weighted by Crippen LogP contribution is 2.33. The molecule has 7 heteroatoms. The summed E-state index contributed by atoms with van der Waals surface area (Å²) in [6.45, 7) is 0. The number of aromatic nitrogens is 4. The molecule has 3 heterocycles. The molecule has 0 unspecified atom stereocenters. The molecule has 5 aromatic rings. The summed E-state index contributed by atoms with van der Waals surface area (Å²) in [5.74, 6) is 0.649. The molecule has 0 aliphatic carbocycles. The molecule has 0 radical (unpaired) electrons. The number of nitrogens with one attached hydrogen (secondary N) is 1. The molecule has 124 valence electrons. The Balaban J connectivity index is 1.83. The number of nitrogens with zero attached hydrogens (tertiary/aromatic N) is 4. The van der Waals surface area contributed by atoms with Crippen molar-refractivity contribution in [1.29, 1.82) is 0 Å². The molecule has 1 N–H and O–H groups in total. The van der Waals surface area contributed by atoms with E-state index in [-0.39, 0.29) is 5.69 Å². The van der Waals surface area contributed by atoms with Gasteiger partial charge in [0.15, 0.2) is 0 Å². The Morgan fingerprint density at radius 3 is 2.19 bits per heavy atom. The van der Waals surface area contributed by atoms with Gasteiger partial charge >= 0.3 is 0 Å². The van der Waals surface area contributed by atoms with Crippen molar-refractivity contribution in [2.75, 3.05) is 0 Å². The summed E-state index contributed by atoms with van der Waals surface area (Å²) in [6, 6.07) is 14.0. The van der Waals surface area contributed by atoms with E-state index >= 15 is 0 Å². The number of hydrogen-bond donors (Lipinski definition) is 1. The Hall–Kier alpha value is -3.87. The zero-order valence-corrected chi connectivity index (χ0v) is 13.4. The number of pyridine rings is 2. The number of non-ortho nitro benzene ring substituents is 1. The van der Waals surface area contributed by atoms with Crippen molar-refractivity contribution < 1.29 is 4.92 Å². The van der Waals surface area contributed by atoms with Gasteiger partial charge in [0.25, 0.3) is 5.69 Å². The topological polar surface area (TPSA) is 97.6 Å². The second-order valence-corrected chi connectivity index (χ2v) is 5.91. The van der Waals surface area contributed by atoms with E-state index in [1.807, 2.05) is 24.3 Å². The van der Waals surface area contributed by atoms with Crippen LogP contribution < -0.4 is 0 Å². The molecule has 2 aromatic carbocycles. The number of benzene rings is 2. The van der Waals surface area contributed by atoms with Gasteiger partial charge in [0.1, 0.15) is 5.82 Å².